The van der Waals surface area contributed by atoms with E-state index in [-0.39, 0.29) is 12.1 Å². The minimum atomic E-state index is -0.203. The van der Waals surface area contributed by atoms with Crippen molar-refractivity contribution >= 4 is 17.6 Å². The molecule has 0 radical (unpaired) electrons. The van der Waals surface area contributed by atoms with Gasteiger partial charge in [0.2, 0.25) is 11.7 Å². The summed E-state index contributed by atoms with van der Waals surface area (Å²) in [5.74, 6) is 0.955. The third-order valence-corrected chi connectivity index (χ3v) is 4.87. The van der Waals surface area contributed by atoms with Gasteiger partial charge in [-0.05, 0) is 50.8 Å². The van der Waals surface area contributed by atoms with Gasteiger partial charge in [0.15, 0.2) is 0 Å². The summed E-state index contributed by atoms with van der Waals surface area (Å²) < 4.78 is 16.1. The third-order valence-electron chi connectivity index (χ3n) is 4.60. The van der Waals surface area contributed by atoms with E-state index < -0.39 is 0 Å². The molecule has 0 amide bonds. The average molecular weight is 444 g/mol. The van der Waals surface area contributed by atoms with Crippen molar-refractivity contribution in [3.05, 3.63) is 46.6 Å². The molecule has 0 aliphatic heterocycles. The van der Waals surface area contributed by atoms with Crippen LogP contribution in [0.3, 0.4) is 0 Å². The molecule has 0 saturated carbocycles. The molecule has 0 aliphatic rings. The molecule has 7 nitrogen and oxygen atoms in total. The van der Waals surface area contributed by atoms with E-state index in [1.807, 2.05) is 32.0 Å². The molecule has 0 bridgehead atoms. The highest BCUT2D eigenvalue weighted by molar-refractivity contribution is 6.32. The molecule has 0 aliphatic carbocycles. The fraction of sp³-hybridized carbons (Fsp3) is 0.391. The van der Waals surface area contributed by atoms with Crippen LogP contribution in [0.25, 0.3) is 22.8 Å². The predicted molar refractivity (Wildman–Crippen MR) is 118 cm³/mol. The third kappa shape index (κ3) is 5.61. The summed E-state index contributed by atoms with van der Waals surface area (Å²) in [5.41, 5.74) is 3.63. The Morgan fingerprint density at radius 3 is 2.74 bits per heavy atom. The highest BCUT2D eigenvalue weighted by Gasteiger charge is 2.17. The van der Waals surface area contributed by atoms with Crippen LogP contribution in [0.15, 0.2) is 35.0 Å². The predicted octanol–water partition coefficient (Wildman–Crippen LogP) is 5.30. The SMILES string of the molecule is CCOC(=O)CCc1cccc(-c2noc(-c3cnc(OC(C)C)c(Cl)c3)n2)c1CC. The van der Waals surface area contributed by atoms with Crippen LogP contribution in [-0.4, -0.2) is 33.8 Å². The largest absolute Gasteiger partial charge is 0.474 e. The highest BCUT2D eigenvalue weighted by Crippen LogP contribution is 2.31. The van der Waals surface area contributed by atoms with Crippen molar-refractivity contribution in [2.24, 2.45) is 0 Å². The number of esters is 1. The van der Waals surface area contributed by atoms with Crippen molar-refractivity contribution in [1.29, 1.82) is 0 Å². The number of carbonyl (C=O) groups excluding carboxylic acids is 1. The number of rotatable bonds is 9. The Morgan fingerprint density at radius 1 is 1.26 bits per heavy atom. The number of ether oxygens (including phenoxy) is 2. The maximum atomic E-state index is 11.8. The van der Waals surface area contributed by atoms with Crippen molar-refractivity contribution in [3.63, 3.8) is 0 Å². The molecule has 31 heavy (non-hydrogen) atoms. The second-order valence-corrected chi connectivity index (χ2v) is 7.61. The smallest absolute Gasteiger partial charge is 0.306 e. The quantitative estimate of drug-likeness (QED) is 0.415. The van der Waals surface area contributed by atoms with Crippen LogP contribution in [-0.2, 0) is 22.4 Å². The zero-order chi connectivity index (χ0) is 22.4. The fourth-order valence-corrected chi connectivity index (χ4v) is 3.48. The fourth-order valence-electron chi connectivity index (χ4n) is 3.27. The van der Waals surface area contributed by atoms with Gasteiger partial charge in [0.05, 0.1) is 18.3 Å². The molecule has 0 fully saturated rings. The van der Waals surface area contributed by atoms with Gasteiger partial charge in [0, 0.05) is 18.2 Å². The molecule has 8 heteroatoms. The van der Waals surface area contributed by atoms with Crippen molar-refractivity contribution in [2.45, 2.75) is 53.1 Å². The van der Waals surface area contributed by atoms with Crippen LogP contribution in [0.1, 0.15) is 45.2 Å². The summed E-state index contributed by atoms with van der Waals surface area (Å²) in [7, 11) is 0. The first-order chi connectivity index (χ1) is 14.9. The van der Waals surface area contributed by atoms with Gasteiger partial charge < -0.3 is 14.0 Å². The standard InChI is InChI=1S/C23H26ClN3O4/c1-5-17-15(10-11-20(28)29-6-2)8-7-9-18(17)21-26-22(31-27-21)16-12-19(24)23(25-13-16)30-14(3)4/h7-9,12-14H,5-6,10-11H2,1-4H3. The molecule has 164 valence electrons. The number of benzene rings is 1. The lowest BCUT2D eigenvalue weighted by molar-refractivity contribution is -0.143. The summed E-state index contributed by atoms with van der Waals surface area (Å²) >= 11 is 6.28. The number of pyridine rings is 1. The van der Waals surface area contributed by atoms with E-state index in [0.717, 1.165) is 23.1 Å². The molecular formula is C23H26ClN3O4. The maximum absolute atomic E-state index is 11.8. The lowest BCUT2D eigenvalue weighted by Crippen LogP contribution is -2.07. The first-order valence-corrected chi connectivity index (χ1v) is 10.7. The van der Waals surface area contributed by atoms with Crippen molar-refractivity contribution in [1.82, 2.24) is 15.1 Å². The van der Waals surface area contributed by atoms with E-state index in [4.69, 9.17) is 25.6 Å². The molecule has 2 heterocycles. The van der Waals surface area contributed by atoms with Crippen molar-refractivity contribution < 1.29 is 18.8 Å². The Balaban J connectivity index is 1.86. The van der Waals surface area contributed by atoms with Crippen LogP contribution in [0, 0.1) is 0 Å². The monoisotopic (exact) mass is 443 g/mol. The number of carbonyl (C=O) groups is 1. The summed E-state index contributed by atoms with van der Waals surface area (Å²) in [6.07, 6.45) is 3.26. The Labute approximate surface area is 186 Å². The second-order valence-electron chi connectivity index (χ2n) is 7.20. The molecule has 0 N–H and O–H groups in total. The molecule has 3 aromatic rings. The molecule has 1 aromatic carbocycles. The zero-order valence-corrected chi connectivity index (χ0v) is 18.9. The van der Waals surface area contributed by atoms with Gasteiger partial charge in [-0.3, -0.25) is 4.79 Å². The zero-order valence-electron chi connectivity index (χ0n) is 18.1. The summed E-state index contributed by atoms with van der Waals surface area (Å²) in [5, 5.41) is 4.53. The minimum Gasteiger partial charge on any atom is -0.474 e. The number of nitrogens with zero attached hydrogens (tertiary/aromatic N) is 3. The lowest BCUT2D eigenvalue weighted by Gasteiger charge is -2.11. The van der Waals surface area contributed by atoms with E-state index in [1.54, 1.807) is 19.2 Å². The second kappa shape index (κ2) is 10.4. The Morgan fingerprint density at radius 2 is 2.06 bits per heavy atom. The minimum absolute atomic E-state index is 0.0329. The lowest BCUT2D eigenvalue weighted by atomic mass is 9.95. The topological polar surface area (TPSA) is 87.3 Å². The normalized spacial score (nSPS) is 11.0. The van der Waals surface area contributed by atoms with Crippen LogP contribution < -0.4 is 4.74 Å². The van der Waals surface area contributed by atoms with E-state index in [0.29, 0.717) is 47.6 Å². The summed E-state index contributed by atoms with van der Waals surface area (Å²) in [6, 6.07) is 7.59. The van der Waals surface area contributed by atoms with E-state index in [2.05, 4.69) is 22.0 Å². The van der Waals surface area contributed by atoms with E-state index >= 15 is 0 Å². The average Bonchev–Trinajstić information content (AvgIpc) is 3.23. The molecule has 0 atom stereocenters. The van der Waals surface area contributed by atoms with Gasteiger partial charge in [-0.25, -0.2) is 4.98 Å². The number of halogens is 1. The van der Waals surface area contributed by atoms with Gasteiger partial charge in [-0.2, -0.15) is 4.98 Å². The Bertz CT molecular complexity index is 1050. The number of hydrogen-bond acceptors (Lipinski definition) is 7. The number of aryl methyl sites for hydroxylation is 1. The van der Waals surface area contributed by atoms with Gasteiger partial charge in [0.1, 0.15) is 5.02 Å². The van der Waals surface area contributed by atoms with Crippen molar-refractivity contribution in [2.75, 3.05) is 6.61 Å². The van der Waals surface area contributed by atoms with Crippen LogP contribution >= 0.6 is 11.6 Å². The van der Waals surface area contributed by atoms with Crippen LogP contribution in [0.4, 0.5) is 0 Å². The molecule has 3 rings (SSSR count). The maximum Gasteiger partial charge on any atom is 0.306 e. The Hall–Kier alpha value is -2.93. The van der Waals surface area contributed by atoms with E-state index in [1.165, 1.54) is 0 Å². The molecule has 2 aromatic heterocycles. The summed E-state index contributed by atoms with van der Waals surface area (Å²) in [4.78, 5) is 20.6. The molecule has 0 spiro atoms. The number of hydrogen-bond donors (Lipinski definition) is 0. The van der Waals surface area contributed by atoms with Crippen LogP contribution in [0.5, 0.6) is 5.88 Å². The molecule has 0 saturated heterocycles. The first kappa shape index (κ1) is 22.7. The van der Waals surface area contributed by atoms with Crippen molar-refractivity contribution in [3.8, 4) is 28.7 Å². The molecular weight excluding hydrogens is 418 g/mol. The van der Waals surface area contributed by atoms with Crippen LogP contribution in [0.2, 0.25) is 5.02 Å². The van der Waals surface area contributed by atoms with Gasteiger partial charge in [0.25, 0.3) is 5.89 Å². The molecule has 0 unspecified atom stereocenters. The Kier molecular flexibility index (Phi) is 7.63. The van der Waals surface area contributed by atoms with E-state index in [9.17, 15) is 4.79 Å². The van der Waals surface area contributed by atoms with Gasteiger partial charge in [-0.15, -0.1) is 0 Å². The first-order valence-electron chi connectivity index (χ1n) is 10.4. The van der Waals surface area contributed by atoms with Gasteiger partial charge >= 0.3 is 5.97 Å². The number of aromatic nitrogens is 3. The van der Waals surface area contributed by atoms with Gasteiger partial charge in [-0.1, -0.05) is 41.9 Å². The highest BCUT2D eigenvalue weighted by atomic mass is 35.5. The summed E-state index contributed by atoms with van der Waals surface area (Å²) in [6.45, 7) is 8.06.